The first-order valence-corrected chi connectivity index (χ1v) is 6.68. The maximum atomic E-state index is 10.9. The highest BCUT2D eigenvalue weighted by molar-refractivity contribution is 9.10. The van der Waals surface area contributed by atoms with Crippen molar-refractivity contribution >= 4 is 33.7 Å². The molecule has 1 aromatic carbocycles. The van der Waals surface area contributed by atoms with Crippen LogP contribution in [0, 0.1) is 6.92 Å². The van der Waals surface area contributed by atoms with Crippen molar-refractivity contribution in [3.63, 3.8) is 0 Å². The number of halogens is 1. The lowest BCUT2D eigenvalue weighted by molar-refractivity contribution is 0.0689. The molecule has 0 atom stereocenters. The summed E-state index contributed by atoms with van der Waals surface area (Å²) in [5.74, 6) is -1.04. The highest BCUT2D eigenvalue weighted by Gasteiger charge is 2.09. The van der Waals surface area contributed by atoms with Gasteiger partial charge < -0.3 is 5.11 Å². The molecule has 1 N–H and O–H groups in total. The van der Waals surface area contributed by atoms with Gasteiger partial charge >= 0.3 is 5.97 Å². The maximum Gasteiger partial charge on any atom is 0.354 e. The summed E-state index contributed by atoms with van der Waals surface area (Å²) in [6, 6.07) is 9.12. The number of benzene rings is 1. The van der Waals surface area contributed by atoms with Crippen LogP contribution in [0.1, 0.15) is 16.2 Å². The van der Waals surface area contributed by atoms with Gasteiger partial charge in [0.05, 0.1) is 0 Å². The van der Waals surface area contributed by atoms with Crippen LogP contribution in [0.4, 0.5) is 0 Å². The zero-order chi connectivity index (χ0) is 13.1. The molecule has 18 heavy (non-hydrogen) atoms. The lowest BCUT2D eigenvalue weighted by Gasteiger charge is -2.03. The Morgan fingerprint density at radius 2 is 2.11 bits per heavy atom. The second-order valence-electron chi connectivity index (χ2n) is 3.54. The molecule has 2 rings (SSSR count). The monoisotopic (exact) mass is 324 g/mol. The average molecular weight is 325 g/mol. The Hall–Kier alpha value is -1.40. The number of aryl methyl sites for hydroxylation is 1. The Bertz CT molecular complexity index is 604. The first-order valence-electron chi connectivity index (χ1n) is 5.07. The van der Waals surface area contributed by atoms with Crippen LogP contribution >= 0.6 is 27.7 Å². The third kappa shape index (κ3) is 3.30. The van der Waals surface area contributed by atoms with Gasteiger partial charge in [-0.1, -0.05) is 22.0 Å². The Kier molecular flexibility index (Phi) is 3.98. The summed E-state index contributed by atoms with van der Waals surface area (Å²) in [5, 5.41) is 9.37. The van der Waals surface area contributed by atoms with Crippen LogP contribution in [-0.4, -0.2) is 21.0 Å². The van der Waals surface area contributed by atoms with E-state index in [-0.39, 0.29) is 5.69 Å². The number of hydrogen-bond acceptors (Lipinski definition) is 4. The fraction of sp³-hybridized carbons (Fsp3) is 0.0833. The molecular formula is C12H9BrN2O2S. The Balaban J connectivity index is 2.31. The second-order valence-corrected chi connectivity index (χ2v) is 5.50. The van der Waals surface area contributed by atoms with Gasteiger partial charge in [-0.3, -0.25) is 0 Å². The SMILES string of the molecule is Cc1cc(C(=O)O)nc(Sc2cccc(Br)c2)n1. The highest BCUT2D eigenvalue weighted by Crippen LogP contribution is 2.27. The van der Waals surface area contributed by atoms with Crippen molar-refractivity contribution in [1.82, 2.24) is 9.97 Å². The van der Waals surface area contributed by atoms with Gasteiger partial charge in [0.2, 0.25) is 0 Å². The predicted octanol–water partition coefficient (Wildman–Crippen LogP) is 3.40. The van der Waals surface area contributed by atoms with Crippen molar-refractivity contribution in [2.24, 2.45) is 0 Å². The fourth-order valence-corrected chi connectivity index (χ4v) is 2.76. The molecule has 0 aliphatic heterocycles. The molecular weight excluding hydrogens is 316 g/mol. The van der Waals surface area contributed by atoms with E-state index in [2.05, 4.69) is 25.9 Å². The highest BCUT2D eigenvalue weighted by atomic mass is 79.9. The third-order valence-electron chi connectivity index (χ3n) is 2.06. The van der Waals surface area contributed by atoms with Crippen molar-refractivity contribution in [2.45, 2.75) is 17.0 Å². The van der Waals surface area contributed by atoms with Crippen LogP contribution in [0.2, 0.25) is 0 Å². The van der Waals surface area contributed by atoms with Gasteiger partial charge in [0.15, 0.2) is 10.9 Å². The topological polar surface area (TPSA) is 63.1 Å². The smallest absolute Gasteiger partial charge is 0.354 e. The van der Waals surface area contributed by atoms with Crippen molar-refractivity contribution in [1.29, 1.82) is 0 Å². The molecule has 2 aromatic rings. The quantitative estimate of drug-likeness (QED) is 0.877. The number of hydrogen-bond donors (Lipinski definition) is 1. The normalized spacial score (nSPS) is 10.3. The van der Waals surface area contributed by atoms with Crippen molar-refractivity contribution < 1.29 is 9.90 Å². The van der Waals surface area contributed by atoms with E-state index in [1.807, 2.05) is 24.3 Å². The molecule has 6 heteroatoms. The zero-order valence-corrected chi connectivity index (χ0v) is 11.8. The van der Waals surface area contributed by atoms with E-state index in [9.17, 15) is 4.79 Å². The first-order chi connectivity index (χ1) is 8.54. The Labute approximate surface area is 117 Å². The minimum absolute atomic E-state index is 0.0139. The standard InChI is InChI=1S/C12H9BrN2O2S/c1-7-5-10(11(16)17)15-12(14-7)18-9-4-2-3-8(13)6-9/h2-6H,1H3,(H,16,17). The summed E-state index contributed by atoms with van der Waals surface area (Å²) in [5.41, 5.74) is 0.653. The molecule has 0 bridgehead atoms. The molecule has 0 saturated heterocycles. The van der Waals surface area contributed by atoms with Crippen LogP contribution < -0.4 is 0 Å². The molecule has 0 saturated carbocycles. The minimum Gasteiger partial charge on any atom is -0.477 e. The lowest BCUT2D eigenvalue weighted by Crippen LogP contribution is -2.03. The first kappa shape index (κ1) is 13.0. The number of nitrogens with zero attached hydrogens (tertiary/aromatic N) is 2. The maximum absolute atomic E-state index is 10.9. The molecule has 0 aliphatic carbocycles. The molecule has 0 amide bonds. The summed E-state index contributed by atoms with van der Waals surface area (Å²) in [6.07, 6.45) is 0. The average Bonchev–Trinajstić information content (AvgIpc) is 2.28. The molecule has 1 aromatic heterocycles. The van der Waals surface area contributed by atoms with E-state index in [1.165, 1.54) is 17.8 Å². The summed E-state index contributed by atoms with van der Waals surface area (Å²) in [6.45, 7) is 1.75. The molecule has 0 spiro atoms. The van der Waals surface area contributed by atoms with Crippen molar-refractivity contribution in [3.8, 4) is 0 Å². The van der Waals surface area contributed by atoms with Gasteiger partial charge in [-0.15, -0.1) is 0 Å². The minimum atomic E-state index is -1.04. The molecule has 1 heterocycles. The van der Waals surface area contributed by atoms with Crippen molar-refractivity contribution in [2.75, 3.05) is 0 Å². The zero-order valence-electron chi connectivity index (χ0n) is 9.42. The molecule has 92 valence electrons. The number of aromatic nitrogens is 2. The Morgan fingerprint density at radius 1 is 1.33 bits per heavy atom. The fourth-order valence-electron chi connectivity index (χ4n) is 1.33. The van der Waals surface area contributed by atoms with Gasteiger partial charge in [-0.05, 0) is 43.0 Å². The molecule has 0 fully saturated rings. The predicted molar refractivity (Wildman–Crippen MR) is 72.0 cm³/mol. The van der Waals surface area contributed by atoms with E-state index >= 15 is 0 Å². The summed E-state index contributed by atoms with van der Waals surface area (Å²) in [7, 11) is 0. The van der Waals surface area contributed by atoms with E-state index in [4.69, 9.17) is 5.11 Å². The van der Waals surface area contributed by atoms with E-state index in [0.29, 0.717) is 10.9 Å². The van der Waals surface area contributed by atoms with Gasteiger partial charge in [0, 0.05) is 15.1 Å². The van der Waals surface area contributed by atoms with Crippen LogP contribution in [0.3, 0.4) is 0 Å². The third-order valence-corrected chi connectivity index (χ3v) is 3.41. The van der Waals surface area contributed by atoms with Crippen molar-refractivity contribution in [3.05, 3.63) is 46.2 Å². The number of rotatable bonds is 3. The van der Waals surface area contributed by atoms with Crippen LogP contribution in [-0.2, 0) is 0 Å². The molecule has 4 nitrogen and oxygen atoms in total. The van der Waals surface area contributed by atoms with Crippen LogP contribution in [0.15, 0.2) is 44.9 Å². The van der Waals surface area contributed by atoms with Gasteiger partial charge in [0.25, 0.3) is 0 Å². The summed E-state index contributed by atoms with van der Waals surface area (Å²) >= 11 is 4.71. The molecule has 0 radical (unpaired) electrons. The summed E-state index contributed by atoms with van der Waals surface area (Å²) in [4.78, 5) is 20.1. The van der Waals surface area contributed by atoms with Gasteiger partial charge in [0.1, 0.15) is 0 Å². The Morgan fingerprint density at radius 3 is 2.78 bits per heavy atom. The van der Waals surface area contributed by atoms with Gasteiger partial charge in [-0.25, -0.2) is 14.8 Å². The van der Waals surface area contributed by atoms with Gasteiger partial charge in [-0.2, -0.15) is 0 Å². The van der Waals surface area contributed by atoms with Crippen LogP contribution in [0.5, 0.6) is 0 Å². The number of carboxylic acid groups (broad SMARTS) is 1. The molecule has 0 aliphatic rings. The van der Waals surface area contributed by atoms with E-state index in [0.717, 1.165) is 9.37 Å². The van der Waals surface area contributed by atoms with E-state index < -0.39 is 5.97 Å². The van der Waals surface area contributed by atoms with E-state index in [1.54, 1.807) is 6.92 Å². The molecule has 0 unspecified atom stereocenters. The van der Waals surface area contributed by atoms with Crippen LogP contribution in [0.25, 0.3) is 0 Å². The number of aromatic carboxylic acids is 1. The largest absolute Gasteiger partial charge is 0.477 e. The lowest BCUT2D eigenvalue weighted by atomic mass is 10.3. The number of carboxylic acids is 1. The number of carbonyl (C=O) groups is 1. The second kappa shape index (κ2) is 5.49. The summed E-state index contributed by atoms with van der Waals surface area (Å²) < 4.78 is 0.957.